The first-order valence-corrected chi connectivity index (χ1v) is 8.56. The number of phenolic OH excluding ortho intramolecular Hbond substituents is 1. The van der Waals surface area contributed by atoms with Crippen LogP contribution in [0.5, 0.6) is 5.75 Å². The summed E-state index contributed by atoms with van der Waals surface area (Å²) >= 11 is 0. The molecular formula is C19H22N2O2. The Hall–Kier alpha value is -1.78. The first-order chi connectivity index (χ1) is 11.2. The van der Waals surface area contributed by atoms with Gasteiger partial charge in [0.25, 0.3) is 0 Å². The van der Waals surface area contributed by atoms with Crippen LogP contribution >= 0.6 is 0 Å². The van der Waals surface area contributed by atoms with Crippen molar-refractivity contribution < 1.29 is 10.2 Å². The molecule has 0 aliphatic carbocycles. The molecule has 0 spiro atoms. The number of phenols is 1. The fraction of sp³-hybridized carbons (Fsp3) is 0.474. The van der Waals surface area contributed by atoms with Crippen LogP contribution in [-0.2, 0) is 6.42 Å². The van der Waals surface area contributed by atoms with E-state index in [1.807, 2.05) is 12.1 Å². The van der Waals surface area contributed by atoms with Crippen molar-refractivity contribution in [2.75, 3.05) is 13.2 Å². The number of allylic oxidation sites excluding steroid dienone is 1. The van der Waals surface area contributed by atoms with Crippen molar-refractivity contribution in [3.05, 3.63) is 41.1 Å². The van der Waals surface area contributed by atoms with Gasteiger partial charge in [-0.15, -0.1) is 0 Å². The molecule has 3 saturated heterocycles. The Labute approximate surface area is 135 Å². The van der Waals surface area contributed by atoms with Crippen LogP contribution in [0.4, 0.5) is 0 Å². The summed E-state index contributed by atoms with van der Waals surface area (Å²) in [5, 5.41) is 21.0. The summed E-state index contributed by atoms with van der Waals surface area (Å²) in [5.74, 6) is 1.17. The fourth-order valence-corrected chi connectivity index (χ4v) is 5.35. The number of piperidine rings is 3. The van der Waals surface area contributed by atoms with E-state index >= 15 is 0 Å². The van der Waals surface area contributed by atoms with Crippen molar-refractivity contribution in [3.63, 3.8) is 0 Å². The van der Waals surface area contributed by atoms with Gasteiger partial charge in [0.1, 0.15) is 5.75 Å². The predicted molar refractivity (Wildman–Crippen MR) is 89.3 cm³/mol. The van der Waals surface area contributed by atoms with Crippen molar-refractivity contribution in [1.29, 1.82) is 0 Å². The molecule has 4 aliphatic rings. The molecule has 3 fully saturated rings. The van der Waals surface area contributed by atoms with E-state index in [1.54, 1.807) is 6.07 Å². The number of hydrogen-bond acceptors (Lipinski definition) is 3. The van der Waals surface area contributed by atoms with Crippen LogP contribution in [0.3, 0.4) is 0 Å². The van der Waals surface area contributed by atoms with Crippen LogP contribution in [-0.4, -0.2) is 39.3 Å². The number of aliphatic hydroxyl groups excluding tert-OH is 1. The maximum Gasteiger partial charge on any atom is 0.116 e. The van der Waals surface area contributed by atoms with Crippen molar-refractivity contribution >= 4 is 10.9 Å². The Morgan fingerprint density at radius 1 is 1.39 bits per heavy atom. The zero-order valence-corrected chi connectivity index (χ0v) is 13.3. The minimum absolute atomic E-state index is 0.263. The van der Waals surface area contributed by atoms with E-state index in [4.69, 9.17) is 0 Å². The van der Waals surface area contributed by atoms with Gasteiger partial charge in [0.05, 0.1) is 6.04 Å². The van der Waals surface area contributed by atoms with Crippen molar-refractivity contribution in [1.82, 2.24) is 9.88 Å². The Morgan fingerprint density at radius 2 is 2.26 bits per heavy atom. The number of H-pyrrole nitrogens is 1. The first-order valence-electron chi connectivity index (χ1n) is 8.56. The number of nitrogens with one attached hydrogen (secondary N) is 1. The van der Waals surface area contributed by atoms with Gasteiger partial charge in [0, 0.05) is 41.7 Å². The number of aromatic hydroxyl groups is 1. The molecule has 5 atom stereocenters. The molecule has 1 aromatic heterocycles. The van der Waals surface area contributed by atoms with Crippen LogP contribution in [0.2, 0.25) is 0 Å². The third kappa shape index (κ3) is 1.68. The molecule has 2 aromatic rings. The molecule has 4 nitrogen and oxygen atoms in total. The highest BCUT2D eigenvalue weighted by Crippen LogP contribution is 2.54. The summed E-state index contributed by atoms with van der Waals surface area (Å²) in [6, 6.07) is 6.44. The minimum atomic E-state index is 0.263. The van der Waals surface area contributed by atoms with E-state index in [0.717, 1.165) is 30.3 Å². The lowest BCUT2D eigenvalue weighted by molar-refractivity contribution is -0.0503. The first kappa shape index (κ1) is 13.6. The summed E-state index contributed by atoms with van der Waals surface area (Å²) in [6.07, 6.45) is 4.31. The number of hydrogen-bond donors (Lipinski definition) is 3. The van der Waals surface area contributed by atoms with Crippen molar-refractivity contribution in [3.8, 4) is 5.75 Å². The van der Waals surface area contributed by atoms with Gasteiger partial charge in [-0.3, -0.25) is 4.90 Å². The molecule has 0 radical (unpaired) electrons. The number of rotatable bonds is 1. The van der Waals surface area contributed by atoms with Gasteiger partial charge < -0.3 is 15.2 Å². The normalized spacial score (nSPS) is 36.6. The minimum Gasteiger partial charge on any atom is -0.508 e. The van der Waals surface area contributed by atoms with Gasteiger partial charge in [-0.2, -0.15) is 0 Å². The predicted octanol–water partition coefficient (Wildman–Crippen LogP) is 2.73. The third-order valence-corrected chi connectivity index (χ3v) is 6.41. The third-order valence-electron chi connectivity index (χ3n) is 6.41. The van der Waals surface area contributed by atoms with Gasteiger partial charge in [0.2, 0.25) is 0 Å². The van der Waals surface area contributed by atoms with Crippen LogP contribution in [0, 0.1) is 11.8 Å². The van der Waals surface area contributed by atoms with E-state index in [9.17, 15) is 10.2 Å². The molecule has 3 N–H and O–H groups in total. The monoisotopic (exact) mass is 310 g/mol. The molecule has 4 bridgehead atoms. The topological polar surface area (TPSA) is 59.5 Å². The van der Waals surface area contributed by atoms with Gasteiger partial charge >= 0.3 is 0 Å². The lowest BCUT2D eigenvalue weighted by Crippen LogP contribution is -2.60. The molecule has 5 heterocycles. The smallest absolute Gasteiger partial charge is 0.116 e. The van der Waals surface area contributed by atoms with Crippen molar-refractivity contribution in [2.45, 2.75) is 31.8 Å². The Morgan fingerprint density at radius 3 is 3.04 bits per heavy atom. The summed E-state index contributed by atoms with van der Waals surface area (Å²) in [6.45, 7) is 3.42. The number of nitrogens with zero attached hydrogens (tertiary/aromatic N) is 1. The number of aromatic nitrogens is 1. The Kier molecular flexibility index (Phi) is 2.74. The summed E-state index contributed by atoms with van der Waals surface area (Å²) < 4.78 is 0. The number of aliphatic hydroxyl groups is 1. The van der Waals surface area contributed by atoms with E-state index in [2.05, 4.69) is 22.9 Å². The highest BCUT2D eigenvalue weighted by molar-refractivity contribution is 5.86. The van der Waals surface area contributed by atoms with E-state index in [1.165, 1.54) is 16.8 Å². The van der Waals surface area contributed by atoms with E-state index in [-0.39, 0.29) is 6.61 Å². The molecule has 0 saturated carbocycles. The highest BCUT2D eigenvalue weighted by atomic mass is 16.3. The van der Waals surface area contributed by atoms with Gasteiger partial charge in [0.15, 0.2) is 0 Å². The Balaban J connectivity index is 1.68. The summed E-state index contributed by atoms with van der Waals surface area (Å²) in [7, 11) is 0. The molecule has 4 heteroatoms. The SMILES string of the molecule is C/C=C1/CN2[C@H]3C[C@@H]1[C@H](CO)[C@@H]2Cc1c3[nH]c2ccc(O)cc12. The average molecular weight is 310 g/mol. The maximum absolute atomic E-state index is 9.99. The molecule has 1 unspecified atom stereocenters. The number of fused-ring (bicyclic) bond motifs is 4. The maximum atomic E-state index is 9.99. The largest absolute Gasteiger partial charge is 0.508 e. The molecule has 4 aliphatic heterocycles. The zero-order chi connectivity index (χ0) is 15.7. The zero-order valence-electron chi connectivity index (χ0n) is 13.3. The van der Waals surface area contributed by atoms with Crippen molar-refractivity contribution in [2.24, 2.45) is 11.8 Å². The summed E-state index contributed by atoms with van der Waals surface area (Å²) in [4.78, 5) is 6.21. The lowest BCUT2D eigenvalue weighted by Gasteiger charge is -2.58. The average Bonchev–Trinajstić information content (AvgIpc) is 2.92. The second kappa shape index (κ2) is 4.62. The standard InChI is InChI=1S/C19H22N2O2/c1-2-10-8-21-17-7-14-13-5-11(23)3-4-16(13)20-19(14)18(21)6-12(10)15(17)9-22/h2-5,12,15,17-18,20,22-23H,6-9H2,1H3/b10-2-/t12-,15-,17-,18-/m0/s1. The molecule has 23 heavy (non-hydrogen) atoms. The number of aromatic amines is 1. The van der Waals surface area contributed by atoms with E-state index in [0.29, 0.717) is 29.7 Å². The van der Waals surface area contributed by atoms with Crippen LogP contribution in [0.15, 0.2) is 29.8 Å². The molecule has 1 aromatic carbocycles. The molecule has 6 rings (SSSR count). The quantitative estimate of drug-likeness (QED) is 0.710. The molecular weight excluding hydrogens is 288 g/mol. The van der Waals surface area contributed by atoms with Crippen LogP contribution in [0.25, 0.3) is 10.9 Å². The van der Waals surface area contributed by atoms with E-state index < -0.39 is 0 Å². The van der Waals surface area contributed by atoms with Crippen LogP contribution < -0.4 is 0 Å². The fourth-order valence-electron chi connectivity index (χ4n) is 5.35. The second-order valence-corrected chi connectivity index (χ2v) is 7.26. The van der Waals surface area contributed by atoms with Gasteiger partial charge in [-0.25, -0.2) is 0 Å². The van der Waals surface area contributed by atoms with Gasteiger partial charge in [-0.05, 0) is 49.4 Å². The number of benzene rings is 1. The lowest BCUT2D eigenvalue weighted by atomic mass is 9.64. The second-order valence-electron chi connectivity index (χ2n) is 7.26. The van der Waals surface area contributed by atoms with Gasteiger partial charge in [-0.1, -0.05) is 11.6 Å². The molecule has 120 valence electrons. The Bertz CT molecular complexity index is 822. The van der Waals surface area contributed by atoms with Crippen LogP contribution in [0.1, 0.15) is 30.6 Å². The highest BCUT2D eigenvalue weighted by Gasteiger charge is 2.52. The molecule has 0 amide bonds. The summed E-state index contributed by atoms with van der Waals surface area (Å²) in [5.41, 5.74) is 5.29.